The molecule has 0 bridgehead atoms. The third kappa shape index (κ3) is 2.53. The van der Waals surface area contributed by atoms with E-state index < -0.39 is 0 Å². The molecule has 0 aliphatic rings. The molecule has 0 amide bonds. The summed E-state index contributed by atoms with van der Waals surface area (Å²) in [6, 6.07) is 5.94. The molecular formula is C15H18ClN5. The fraction of sp³-hybridized carbons (Fsp3) is 0.400. The van der Waals surface area contributed by atoms with E-state index in [2.05, 4.69) is 21.6 Å². The number of hydrogen-bond acceptors (Lipinski definition) is 3. The number of imidazole rings is 1. The van der Waals surface area contributed by atoms with E-state index in [4.69, 9.17) is 16.6 Å². The lowest BCUT2D eigenvalue weighted by Crippen LogP contribution is -2.10. The molecule has 0 fully saturated rings. The van der Waals surface area contributed by atoms with Crippen LogP contribution in [0.15, 0.2) is 24.4 Å². The van der Waals surface area contributed by atoms with Crippen molar-refractivity contribution >= 4 is 22.8 Å². The first-order valence-electron chi connectivity index (χ1n) is 7.11. The zero-order valence-corrected chi connectivity index (χ0v) is 13.0. The first kappa shape index (κ1) is 14.1. The maximum atomic E-state index is 5.93. The van der Waals surface area contributed by atoms with Crippen LogP contribution in [-0.4, -0.2) is 30.2 Å². The Kier molecular flexibility index (Phi) is 3.92. The molecule has 0 aliphatic heterocycles. The second-order valence-electron chi connectivity index (χ2n) is 4.97. The number of aryl methyl sites for hydroxylation is 3. The molecule has 0 radical (unpaired) electrons. The first-order valence-corrected chi connectivity index (χ1v) is 7.65. The Morgan fingerprint density at radius 1 is 1.29 bits per heavy atom. The van der Waals surface area contributed by atoms with Gasteiger partial charge in [-0.3, -0.25) is 9.67 Å². The summed E-state index contributed by atoms with van der Waals surface area (Å²) in [5.41, 5.74) is 4.06. The van der Waals surface area contributed by atoms with Crippen LogP contribution in [0.3, 0.4) is 0 Å². The molecule has 0 saturated carbocycles. The van der Waals surface area contributed by atoms with Crippen molar-refractivity contribution in [2.75, 3.05) is 5.88 Å². The molecule has 0 aromatic carbocycles. The Labute approximate surface area is 128 Å². The zero-order valence-electron chi connectivity index (χ0n) is 12.3. The first-order chi connectivity index (χ1) is 10.2. The second-order valence-corrected chi connectivity index (χ2v) is 5.35. The number of halogens is 1. The number of aromatic nitrogens is 5. The fourth-order valence-corrected chi connectivity index (χ4v) is 2.79. The Hall–Kier alpha value is -1.88. The van der Waals surface area contributed by atoms with Crippen molar-refractivity contribution in [1.82, 2.24) is 24.3 Å². The van der Waals surface area contributed by atoms with Gasteiger partial charge in [0.25, 0.3) is 0 Å². The van der Waals surface area contributed by atoms with Gasteiger partial charge in [0, 0.05) is 25.5 Å². The highest BCUT2D eigenvalue weighted by Crippen LogP contribution is 2.21. The molecule has 3 heterocycles. The molecule has 3 aromatic heterocycles. The monoisotopic (exact) mass is 303 g/mol. The SMILES string of the molecule is CCc1nn(C)c2c1nc(CCCl)n2Cc1ccccn1. The summed E-state index contributed by atoms with van der Waals surface area (Å²) >= 11 is 5.93. The number of fused-ring (bicyclic) bond motifs is 1. The van der Waals surface area contributed by atoms with Gasteiger partial charge >= 0.3 is 0 Å². The predicted octanol–water partition coefficient (Wildman–Crippen LogP) is 2.56. The van der Waals surface area contributed by atoms with Gasteiger partial charge in [-0.1, -0.05) is 13.0 Å². The quantitative estimate of drug-likeness (QED) is 0.681. The average molecular weight is 304 g/mol. The normalized spacial score (nSPS) is 11.4. The van der Waals surface area contributed by atoms with Gasteiger partial charge in [-0.15, -0.1) is 11.6 Å². The average Bonchev–Trinajstić information content (AvgIpc) is 2.99. The van der Waals surface area contributed by atoms with Gasteiger partial charge in [-0.25, -0.2) is 4.98 Å². The number of nitrogens with zero attached hydrogens (tertiary/aromatic N) is 5. The molecule has 0 saturated heterocycles. The van der Waals surface area contributed by atoms with E-state index in [-0.39, 0.29) is 0 Å². The summed E-state index contributed by atoms with van der Waals surface area (Å²) in [5.74, 6) is 1.55. The third-order valence-corrected chi connectivity index (χ3v) is 3.76. The minimum Gasteiger partial charge on any atom is -0.307 e. The zero-order chi connectivity index (χ0) is 14.8. The van der Waals surface area contributed by atoms with Gasteiger partial charge in [-0.05, 0) is 18.6 Å². The number of alkyl halides is 1. The molecule has 110 valence electrons. The van der Waals surface area contributed by atoms with Crippen LogP contribution < -0.4 is 0 Å². The van der Waals surface area contributed by atoms with Crippen molar-refractivity contribution in [3.63, 3.8) is 0 Å². The van der Waals surface area contributed by atoms with Crippen molar-refractivity contribution in [3.8, 4) is 0 Å². The summed E-state index contributed by atoms with van der Waals surface area (Å²) in [6.07, 6.45) is 3.43. The van der Waals surface area contributed by atoms with E-state index in [0.29, 0.717) is 12.4 Å². The molecule has 0 atom stereocenters. The van der Waals surface area contributed by atoms with Crippen LogP contribution in [0.25, 0.3) is 11.2 Å². The standard InChI is InChI=1S/C15H18ClN5/c1-3-12-14-15(20(2)19-12)21(13(18-14)7-8-16)10-11-6-4-5-9-17-11/h4-6,9H,3,7-8,10H2,1-2H3. The molecule has 3 aromatic rings. The van der Waals surface area contributed by atoms with E-state index in [1.807, 2.05) is 36.1 Å². The van der Waals surface area contributed by atoms with Crippen LogP contribution in [0.5, 0.6) is 0 Å². The van der Waals surface area contributed by atoms with Gasteiger partial charge in [-0.2, -0.15) is 5.10 Å². The molecule has 0 N–H and O–H groups in total. The summed E-state index contributed by atoms with van der Waals surface area (Å²) in [5, 5.41) is 4.55. The van der Waals surface area contributed by atoms with Crippen molar-refractivity contribution < 1.29 is 0 Å². The minimum atomic E-state index is 0.556. The number of pyridine rings is 1. The van der Waals surface area contributed by atoms with Crippen molar-refractivity contribution in [2.45, 2.75) is 26.3 Å². The van der Waals surface area contributed by atoms with Crippen LogP contribution in [0.2, 0.25) is 0 Å². The highest BCUT2D eigenvalue weighted by atomic mass is 35.5. The van der Waals surface area contributed by atoms with E-state index >= 15 is 0 Å². The lowest BCUT2D eigenvalue weighted by molar-refractivity contribution is 0.680. The Morgan fingerprint density at radius 3 is 2.81 bits per heavy atom. The summed E-state index contributed by atoms with van der Waals surface area (Å²) in [4.78, 5) is 9.16. The molecule has 0 unspecified atom stereocenters. The van der Waals surface area contributed by atoms with Crippen molar-refractivity contribution in [2.24, 2.45) is 7.05 Å². The van der Waals surface area contributed by atoms with Crippen molar-refractivity contribution in [1.29, 1.82) is 0 Å². The Balaban J connectivity index is 2.13. The van der Waals surface area contributed by atoms with Crippen LogP contribution >= 0.6 is 11.6 Å². The Bertz CT molecular complexity index is 744. The van der Waals surface area contributed by atoms with Crippen LogP contribution in [0.4, 0.5) is 0 Å². The highest BCUT2D eigenvalue weighted by Gasteiger charge is 2.18. The number of rotatable bonds is 5. The molecular weight excluding hydrogens is 286 g/mol. The van der Waals surface area contributed by atoms with Gasteiger partial charge in [0.15, 0.2) is 5.65 Å². The van der Waals surface area contributed by atoms with Crippen LogP contribution in [0, 0.1) is 0 Å². The summed E-state index contributed by atoms with van der Waals surface area (Å²) in [6.45, 7) is 2.78. The smallest absolute Gasteiger partial charge is 0.159 e. The maximum absolute atomic E-state index is 5.93. The lowest BCUT2D eigenvalue weighted by Gasteiger charge is -2.08. The van der Waals surface area contributed by atoms with Gasteiger partial charge in [0.1, 0.15) is 11.3 Å². The molecule has 21 heavy (non-hydrogen) atoms. The largest absolute Gasteiger partial charge is 0.307 e. The second kappa shape index (κ2) is 5.85. The maximum Gasteiger partial charge on any atom is 0.159 e. The van der Waals surface area contributed by atoms with Gasteiger partial charge < -0.3 is 4.57 Å². The molecule has 6 heteroatoms. The topological polar surface area (TPSA) is 48.5 Å². The molecule has 5 nitrogen and oxygen atoms in total. The van der Waals surface area contributed by atoms with E-state index in [9.17, 15) is 0 Å². The fourth-order valence-electron chi connectivity index (χ4n) is 2.62. The highest BCUT2D eigenvalue weighted by molar-refractivity contribution is 6.17. The third-order valence-electron chi connectivity index (χ3n) is 3.57. The van der Waals surface area contributed by atoms with E-state index in [1.54, 1.807) is 0 Å². The number of hydrogen-bond donors (Lipinski definition) is 0. The van der Waals surface area contributed by atoms with Crippen LogP contribution in [0.1, 0.15) is 24.1 Å². The Morgan fingerprint density at radius 2 is 2.14 bits per heavy atom. The van der Waals surface area contributed by atoms with Gasteiger partial charge in [0.2, 0.25) is 0 Å². The molecule has 0 spiro atoms. The van der Waals surface area contributed by atoms with E-state index in [1.165, 1.54) is 0 Å². The van der Waals surface area contributed by atoms with Crippen molar-refractivity contribution in [3.05, 3.63) is 41.6 Å². The lowest BCUT2D eigenvalue weighted by atomic mass is 10.3. The predicted molar refractivity (Wildman–Crippen MR) is 83.6 cm³/mol. The van der Waals surface area contributed by atoms with Crippen LogP contribution in [-0.2, 0) is 26.4 Å². The van der Waals surface area contributed by atoms with Gasteiger partial charge in [0.05, 0.1) is 17.9 Å². The summed E-state index contributed by atoms with van der Waals surface area (Å²) < 4.78 is 4.08. The summed E-state index contributed by atoms with van der Waals surface area (Å²) in [7, 11) is 1.96. The molecule has 0 aliphatic carbocycles. The minimum absolute atomic E-state index is 0.556. The molecule has 3 rings (SSSR count). The van der Waals surface area contributed by atoms with E-state index in [0.717, 1.165) is 41.2 Å².